The van der Waals surface area contributed by atoms with E-state index in [0.717, 1.165) is 30.2 Å². The number of ether oxygens (including phenoxy) is 1. The molecule has 0 bridgehead atoms. The minimum Gasteiger partial charge on any atom is -0.454 e. The Balaban J connectivity index is 2.18. The standard InChI is InChI=1S/C16H22ClN3O/c1-5-20-11-14(10-19-20)21-15-8-13(17)7-6-12(15)9-18-16(2,3)4/h6-8,10-11,18H,5,9H2,1-4H3. The highest BCUT2D eigenvalue weighted by molar-refractivity contribution is 6.30. The minimum absolute atomic E-state index is 0.0456. The molecule has 0 radical (unpaired) electrons. The molecule has 0 saturated heterocycles. The van der Waals surface area contributed by atoms with Crippen molar-refractivity contribution in [3.8, 4) is 11.5 Å². The zero-order valence-corrected chi connectivity index (χ0v) is 13.7. The highest BCUT2D eigenvalue weighted by Gasteiger charge is 2.12. The highest BCUT2D eigenvalue weighted by Crippen LogP contribution is 2.28. The van der Waals surface area contributed by atoms with Crippen molar-refractivity contribution in [3.05, 3.63) is 41.2 Å². The molecule has 0 unspecified atom stereocenters. The summed E-state index contributed by atoms with van der Waals surface area (Å²) in [6.07, 6.45) is 3.59. The number of halogens is 1. The van der Waals surface area contributed by atoms with Crippen molar-refractivity contribution >= 4 is 11.6 Å². The first-order valence-electron chi connectivity index (χ1n) is 7.11. The summed E-state index contributed by atoms with van der Waals surface area (Å²) in [6.45, 7) is 9.97. The van der Waals surface area contributed by atoms with Gasteiger partial charge in [-0.05, 0) is 39.8 Å². The monoisotopic (exact) mass is 307 g/mol. The van der Waals surface area contributed by atoms with E-state index < -0.39 is 0 Å². The largest absolute Gasteiger partial charge is 0.454 e. The Labute approximate surface area is 131 Å². The van der Waals surface area contributed by atoms with E-state index in [2.05, 4.69) is 31.2 Å². The third kappa shape index (κ3) is 4.76. The topological polar surface area (TPSA) is 39.1 Å². The van der Waals surface area contributed by atoms with E-state index in [9.17, 15) is 0 Å². The molecule has 0 aliphatic rings. The van der Waals surface area contributed by atoms with Crippen LogP contribution < -0.4 is 10.1 Å². The summed E-state index contributed by atoms with van der Waals surface area (Å²) in [5.74, 6) is 1.48. The molecule has 0 spiro atoms. The number of rotatable bonds is 5. The van der Waals surface area contributed by atoms with Crippen LogP contribution in [0.1, 0.15) is 33.3 Å². The van der Waals surface area contributed by atoms with Crippen molar-refractivity contribution in [2.45, 2.75) is 46.3 Å². The first-order chi connectivity index (χ1) is 9.87. The lowest BCUT2D eigenvalue weighted by molar-refractivity contribution is 0.414. The fourth-order valence-corrected chi connectivity index (χ4v) is 1.99. The summed E-state index contributed by atoms with van der Waals surface area (Å²) in [5.41, 5.74) is 1.11. The Bertz CT molecular complexity index is 602. The van der Waals surface area contributed by atoms with Crippen LogP contribution in [-0.4, -0.2) is 15.3 Å². The predicted octanol–water partition coefficient (Wildman–Crippen LogP) is 4.24. The number of aryl methyl sites for hydroxylation is 1. The molecule has 0 amide bonds. The van der Waals surface area contributed by atoms with Crippen LogP contribution in [0.2, 0.25) is 5.02 Å². The first-order valence-corrected chi connectivity index (χ1v) is 7.49. The van der Waals surface area contributed by atoms with Crippen molar-refractivity contribution in [2.75, 3.05) is 0 Å². The normalized spacial score (nSPS) is 11.7. The quantitative estimate of drug-likeness (QED) is 0.898. The minimum atomic E-state index is 0.0456. The maximum absolute atomic E-state index is 6.08. The average molecular weight is 308 g/mol. The molecular formula is C16H22ClN3O. The van der Waals surface area contributed by atoms with Gasteiger partial charge in [-0.15, -0.1) is 0 Å². The summed E-state index contributed by atoms with van der Waals surface area (Å²) in [4.78, 5) is 0. The maximum Gasteiger partial charge on any atom is 0.165 e. The first kappa shape index (κ1) is 15.9. The third-order valence-corrected chi connectivity index (χ3v) is 3.23. The number of aromatic nitrogens is 2. The molecule has 4 nitrogen and oxygen atoms in total. The van der Waals surface area contributed by atoms with Gasteiger partial charge in [-0.2, -0.15) is 5.10 Å². The van der Waals surface area contributed by atoms with Gasteiger partial charge in [0, 0.05) is 29.2 Å². The van der Waals surface area contributed by atoms with Crippen LogP contribution in [0.25, 0.3) is 0 Å². The number of nitrogens with zero attached hydrogens (tertiary/aromatic N) is 2. The van der Waals surface area contributed by atoms with Gasteiger partial charge in [0.15, 0.2) is 5.75 Å². The second-order valence-corrected chi connectivity index (χ2v) is 6.43. The Kier molecular flexibility index (Phi) is 4.91. The van der Waals surface area contributed by atoms with Gasteiger partial charge in [0.2, 0.25) is 0 Å². The van der Waals surface area contributed by atoms with Crippen LogP contribution in [0.3, 0.4) is 0 Å². The highest BCUT2D eigenvalue weighted by atomic mass is 35.5. The van der Waals surface area contributed by atoms with Crippen LogP contribution in [0.4, 0.5) is 0 Å². The lowest BCUT2D eigenvalue weighted by Gasteiger charge is -2.21. The Morgan fingerprint density at radius 3 is 2.71 bits per heavy atom. The smallest absolute Gasteiger partial charge is 0.165 e. The van der Waals surface area contributed by atoms with E-state index in [1.165, 1.54) is 0 Å². The molecular weight excluding hydrogens is 286 g/mol. The van der Waals surface area contributed by atoms with Crippen molar-refractivity contribution in [3.63, 3.8) is 0 Å². The molecule has 0 atom stereocenters. The molecule has 0 saturated carbocycles. The summed E-state index contributed by atoms with van der Waals surface area (Å²) in [6, 6.07) is 5.70. The van der Waals surface area contributed by atoms with E-state index in [1.54, 1.807) is 6.20 Å². The van der Waals surface area contributed by atoms with Crippen LogP contribution in [-0.2, 0) is 13.1 Å². The van der Waals surface area contributed by atoms with Gasteiger partial charge in [0.25, 0.3) is 0 Å². The second-order valence-electron chi connectivity index (χ2n) is 5.99. The molecule has 1 N–H and O–H groups in total. The molecule has 1 heterocycles. The van der Waals surface area contributed by atoms with E-state index in [-0.39, 0.29) is 5.54 Å². The number of nitrogens with one attached hydrogen (secondary N) is 1. The van der Waals surface area contributed by atoms with Crippen LogP contribution in [0, 0.1) is 0 Å². The lowest BCUT2D eigenvalue weighted by Crippen LogP contribution is -2.35. The molecule has 5 heteroatoms. The van der Waals surface area contributed by atoms with Gasteiger partial charge in [0.05, 0.1) is 12.4 Å². The van der Waals surface area contributed by atoms with Crippen LogP contribution >= 0.6 is 11.6 Å². The number of benzene rings is 1. The summed E-state index contributed by atoms with van der Waals surface area (Å²) in [7, 11) is 0. The van der Waals surface area contributed by atoms with Gasteiger partial charge in [-0.1, -0.05) is 17.7 Å². The van der Waals surface area contributed by atoms with Crippen LogP contribution in [0.15, 0.2) is 30.6 Å². The van der Waals surface area contributed by atoms with Crippen LogP contribution in [0.5, 0.6) is 11.5 Å². The van der Waals surface area contributed by atoms with Gasteiger partial charge in [-0.3, -0.25) is 4.68 Å². The van der Waals surface area contributed by atoms with Gasteiger partial charge in [-0.25, -0.2) is 0 Å². The fourth-order valence-electron chi connectivity index (χ4n) is 1.83. The molecule has 0 aliphatic carbocycles. The summed E-state index contributed by atoms with van der Waals surface area (Å²) >= 11 is 6.08. The maximum atomic E-state index is 6.08. The average Bonchev–Trinajstić information content (AvgIpc) is 2.84. The van der Waals surface area contributed by atoms with E-state index in [4.69, 9.17) is 16.3 Å². The van der Waals surface area contributed by atoms with Crippen molar-refractivity contribution in [2.24, 2.45) is 0 Å². The van der Waals surface area contributed by atoms with Crippen molar-refractivity contribution < 1.29 is 4.74 Å². The SMILES string of the molecule is CCn1cc(Oc2cc(Cl)ccc2CNC(C)(C)C)cn1. The van der Waals surface area contributed by atoms with Crippen molar-refractivity contribution in [1.29, 1.82) is 0 Å². The Morgan fingerprint density at radius 1 is 1.33 bits per heavy atom. The molecule has 0 fully saturated rings. The number of hydrogen-bond acceptors (Lipinski definition) is 3. The molecule has 2 aromatic rings. The molecule has 2 rings (SSSR count). The van der Waals surface area contributed by atoms with E-state index in [1.807, 2.05) is 36.0 Å². The summed E-state index contributed by atoms with van der Waals surface area (Å²) in [5, 5.41) is 8.33. The second kappa shape index (κ2) is 6.50. The molecule has 0 aliphatic heterocycles. The van der Waals surface area contributed by atoms with Gasteiger partial charge < -0.3 is 10.1 Å². The Morgan fingerprint density at radius 2 is 2.10 bits per heavy atom. The molecule has 21 heavy (non-hydrogen) atoms. The third-order valence-electron chi connectivity index (χ3n) is 3.00. The molecule has 114 valence electrons. The fraction of sp³-hybridized carbons (Fsp3) is 0.438. The zero-order chi connectivity index (χ0) is 15.5. The Hall–Kier alpha value is -1.52. The molecule has 1 aromatic heterocycles. The molecule has 1 aromatic carbocycles. The van der Waals surface area contributed by atoms with Gasteiger partial charge in [0.1, 0.15) is 5.75 Å². The van der Waals surface area contributed by atoms with E-state index in [0.29, 0.717) is 5.02 Å². The lowest BCUT2D eigenvalue weighted by atomic mass is 10.1. The predicted molar refractivity (Wildman–Crippen MR) is 86.0 cm³/mol. The van der Waals surface area contributed by atoms with Gasteiger partial charge >= 0.3 is 0 Å². The zero-order valence-electron chi connectivity index (χ0n) is 13.0. The van der Waals surface area contributed by atoms with E-state index >= 15 is 0 Å². The van der Waals surface area contributed by atoms with Crippen molar-refractivity contribution in [1.82, 2.24) is 15.1 Å². The summed E-state index contributed by atoms with van der Waals surface area (Å²) < 4.78 is 7.76. The number of hydrogen-bond donors (Lipinski definition) is 1.